The van der Waals surface area contributed by atoms with Gasteiger partial charge in [-0.05, 0) is 59.7 Å². The highest BCUT2D eigenvalue weighted by atomic mass is 32.2. The van der Waals surface area contributed by atoms with Crippen LogP contribution in [0.25, 0.3) is 0 Å². The highest BCUT2D eigenvalue weighted by molar-refractivity contribution is 7.87. The van der Waals surface area contributed by atoms with Crippen LogP contribution in [0.4, 0.5) is 8.78 Å². The normalized spacial score (nSPS) is 11.3. The molecule has 0 atom stereocenters. The Hall–Kier alpha value is -2.77. The van der Waals surface area contributed by atoms with Gasteiger partial charge in [-0.2, -0.15) is 8.42 Å². The average Bonchev–Trinajstić information content (AvgIpc) is 2.65. The molecule has 0 heterocycles. The van der Waals surface area contributed by atoms with Crippen molar-refractivity contribution in [3.8, 4) is 5.75 Å². The third-order valence-corrected chi connectivity index (χ3v) is 5.06. The van der Waals surface area contributed by atoms with Crippen LogP contribution in [-0.4, -0.2) is 8.42 Å². The summed E-state index contributed by atoms with van der Waals surface area (Å²) in [6.45, 7) is 1.14. The van der Waals surface area contributed by atoms with Gasteiger partial charge in [-0.1, -0.05) is 24.3 Å². The highest BCUT2D eigenvalue weighted by Crippen LogP contribution is 2.19. The first-order valence-electron chi connectivity index (χ1n) is 8.16. The maximum Gasteiger partial charge on any atom is 0.339 e. The number of benzene rings is 3. The van der Waals surface area contributed by atoms with Gasteiger partial charge in [0.15, 0.2) is 0 Å². The summed E-state index contributed by atoms with van der Waals surface area (Å²) in [5.41, 5.74) is 1.89. The summed E-state index contributed by atoms with van der Waals surface area (Å²) >= 11 is 0. The first-order valence-corrected chi connectivity index (χ1v) is 9.57. The van der Waals surface area contributed by atoms with Crippen molar-refractivity contribution in [3.05, 3.63) is 95.6 Å². The van der Waals surface area contributed by atoms with Crippen molar-refractivity contribution < 1.29 is 21.4 Å². The molecular formula is C20H17F2NO3S. The summed E-state index contributed by atoms with van der Waals surface area (Å²) in [7, 11) is -4.01. The first kappa shape index (κ1) is 19.0. The van der Waals surface area contributed by atoms with Gasteiger partial charge in [0.2, 0.25) is 0 Å². The van der Waals surface area contributed by atoms with Crippen molar-refractivity contribution in [2.45, 2.75) is 18.0 Å². The molecule has 0 aromatic heterocycles. The van der Waals surface area contributed by atoms with Gasteiger partial charge in [-0.25, -0.2) is 8.78 Å². The molecule has 3 aromatic carbocycles. The van der Waals surface area contributed by atoms with E-state index in [0.29, 0.717) is 13.1 Å². The predicted octanol–water partition coefficient (Wildman–Crippen LogP) is 4.02. The Bertz CT molecular complexity index is 987. The molecule has 0 saturated heterocycles. The van der Waals surface area contributed by atoms with Crippen LogP contribution in [0.15, 0.2) is 77.7 Å². The summed E-state index contributed by atoms with van der Waals surface area (Å²) in [6.07, 6.45) is 0. The van der Waals surface area contributed by atoms with Crippen LogP contribution in [0.3, 0.4) is 0 Å². The zero-order chi connectivity index (χ0) is 19.3. The number of nitrogens with one attached hydrogen (secondary N) is 1. The minimum absolute atomic E-state index is 0.117. The summed E-state index contributed by atoms with van der Waals surface area (Å²) in [5, 5.41) is 3.22. The quantitative estimate of drug-likeness (QED) is 0.620. The van der Waals surface area contributed by atoms with Gasteiger partial charge in [-0.15, -0.1) is 0 Å². The minimum atomic E-state index is -4.01. The molecule has 0 radical (unpaired) electrons. The second-order valence-corrected chi connectivity index (χ2v) is 7.41. The van der Waals surface area contributed by atoms with E-state index in [4.69, 9.17) is 4.18 Å². The van der Waals surface area contributed by atoms with E-state index in [2.05, 4.69) is 5.32 Å². The standard InChI is InChI=1S/C20H17F2NO3S/c21-17-5-1-15(2-6-17)13-23-14-16-3-9-19(10-4-16)26-27(24,25)20-11-7-18(22)8-12-20/h1-12,23H,13-14H2. The van der Waals surface area contributed by atoms with Crippen molar-refractivity contribution in [1.82, 2.24) is 5.32 Å². The van der Waals surface area contributed by atoms with Gasteiger partial charge in [0.25, 0.3) is 0 Å². The molecule has 1 N–H and O–H groups in total. The molecular weight excluding hydrogens is 372 g/mol. The Labute approximate surface area is 156 Å². The van der Waals surface area contributed by atoms with Gasteiger partial charge >= 0.3 is 10.1 Å². The molecule has 7 heteroatoms. The fourth-order valence-corrected chi connectivity index (χ4v) is 3.32. The largest absolute Gasteiger partial charge is 0.379 e. The number of halogens is 2. The van der Waals surface area contributed by atoms with Crippen LogP contribution < -0.4 is 9.50 Å². The van der Waals surface area contributed by atoms with E-state index in [-0.39, 0.29) is 16.5 Å². The Kier molecular flexibility index (Phi) is 5.83. The first-order chi connectivity index (χ1) is 12.9. The van der Waals surface area contributed by atoms with Crippen molar-refractivity contribution >= 4 is 10.1 Å². The second-order valence-electron chi connectivity index (χ2n) is 5.87. The Balaban J connectivity index is 1.56. The van der Waals surface area contributed by atoms with E-state index in [1.165, 1.54) is 12.1 Å². The minimum Gasteiger partial charge on any atom is -0.379 e. The van der Waals surface area contributed by atoms with Crippen molar-refractivity contribution in [3.63, 3.8) is 0 Å². The maximum absolute atomic E-state index is 12.9. The maximum atomic E-state index is 12.9. The number of hydrogen-bond acceptors (Lipinski definition) is 4. The zero-order valence-corrected chi connectivity index (χ0v) is 15.0. The van der Waals surface area contributed by atoms with Gasteiger partial charge in [-0.3, -0.25) is 0 Å². The fourth-order valence-electron chi connectivity index (χ4n) is 2.39. The molecule has 0 amide bonds. The average molecular weight is 389 g/mol. The molecule has 0 aliphatic rings. The lowest BCUT2D eigenvalue weighted by Gasteiger charge is -2.09. The number of hydrogen-bond donors (Lipinski definition) is 1. The third kappa shape index (κ3) is 5.35. The molecule has 0 fully saturated rings. The van der Waals surface area contributed by atoms with Crippen LogP contribution in [0.1, 0.15) is 11.1 Å². The SMILES string of the molecule is O=S(=O)(Oc1ccc(CNCc2ccc(F)cc2)cc1)c1ccc(F)cc1. The predicted molar refractivity (Wildman–Crippen MR) is 97.6 cm³/mol. The Morgan fingerprint density at radius 3 is 1.67 bits per heavy atom. The van der Waals surface area contributed by atoms with Crippen molar-refractivity contribution in [1.29, 1.82) is 0 Å². The van der Waals surface area contributed by atoms with E-state index in [9.17, 15) is 17.2 Å². The summed E-state index contributed by atoms with van der Waals surface area (Å²) in [6, 6.07) is 17.2. The van der Waals surface area contributed by atoms with E-state index < -0.39 is 15.9 Å². The van der Waals surface area contributed by atoms with Crippen LogP contribution >= 0.6 is 0 Å². The molecule has 3 aromatic rings. The summed E-state index contributed by atoms with van der Waals surface area (Å²) in [5.74, 6) is -0.627. The van der Waals surface area contributed by atoms with Crippen LogP contribution in [0, 0.1) is 11.6 Å². The van der Waals surface area contributed by atoms with Crippen LogP contribution in [0.5, 0.6) is 5.75 Å². The van der Waals surface area contributed by atoms with Gasteiger partial charge in [0, 0.05) is 13.1 Å². The van der Waals surface area contributed by atoms with Crippen molar-refractivity contribution in [2.75, 3.05) is 0 Å². The zero-order valence-electron chi connectivity index (χ0n) is 14.2. The molecule has 27 heavy (non-hydrogen) atoms. The topological polar surface area (TPSA) is 55.4 Å². The van der Waals surface area contributed by atoms with Gasteiger partial charge in [0.05, 0.1) is 0 Å². The van der Waals surface area contributed by atoms with E-state index in [1.807, 2.05) is 0 Å². The lowest BCUT2D eigenvalue weighted by Crippen LogP contribution is -2.13. The molecule has 0 aliphatic carbocycles. The second kappa shape index (κ2) is 8.28. The molecule has 0 unspecified atom stereocenters. The Morgan fingerprint density at radius 2 is 1.15 bits per heavy atom. The summed E-state index contributed by atoms with van der Waals surface area (Å²) < 4.78 is 55.2. The molecule has 0 saturated carbocycles. The van der Waals surface area contributed by atoms with E-state index >= 15 is 0 Å². The fraction of sp³-hybridized carbons (Fsp3) is 0.100. The lowest BCUT2D eigenvalue weighted by atomic mass is 10.2. The molecule has 0 aliphatic heterocycles. The monoisotopic (exact) mass is 389 g/mol. The third-order valence-electron chi connectivity index (χ3n) is 3.80. The molecule has 0 spiro atoms. The van der Waals surface area contributed by atoms with Gasteiger partial charge < -0.3 is 9.50 Å². The smallest absolute Gasteiger partial charge is 0.339 e. The van der Waals surface area contributed by atoms with Gasteiger partial charge in [0.1, 0.15) is 22.3 Å². The molecule has 140 valence electrons. The number of rotatable bonds is 7. The molecule has 0 bridgehead atoms. The highest BCUT2D eigenvalue weighted by Gasteiger charge is 2.16. The van der Waals surface area contributed by atoms with E-state index in [0.717, 1.165) is 35.4 Å². The Morgan fingerprint density at radius 1 is 0.704 bits per heavy atom. The molecule has 4 nitrogen and oxygen atoms in total. The van der Waals surface area contributed by atoms with Crippen LogP contribution in [-0.2, 0) is 23.2 Å². The lowest BCUT2D eigenvalue weighted by molar-refractivity contribution is 0.485. The van der Waals surface area contributed by atoms with Crippen LogP contribution in [0.2, 0.25) is 0 Å². The summed E-state index contributed by atoms with van der Waals surface area (Å²) in [4.78, 5) is -0.117. The van der Waals surface area contributed by atoms with E-state index in [1.54, 1.807) is 36.4 Å². The molecule has 3 rings (SSSR count). The van der Waals surface area contributed by atoms with Crippen molar-refractivity contribution in [2.24, 2.45) is 0 Å².